The first-order chi connectivity index (χ1) is 24.3. The first kappa shape index (κ1) is 28.4. The second kappa shape index (κ2) is 11.2. The Kier molecular flexibility index (Phi) is 6.49. The third-order valence-electron chi connectivity index (χ3n) is 10.3. The fourth-order valence-corrected chi connectivity index (χ4v) is 10.8. The molecule has 2 heteroatoms. The Morgan fingerprint density at radius 1 is 0.388 bits per heavy atom. The molecule has 0 spiro atoms. The van der Waals surface area contributed by atoms with Crippen molar-refractivity contribution >= 4 is 61.6 Å². The molecule has 1 nitrogen and oxygen atoms in total. The van der Waals surface area contributed by atoms with Crippen LogP contribution in [-0.4, -0.2) is 14.5 Å². The first-order valence-corrected chi connectivity index (χ1v) is 18.6. The summed E-state index contributed by atoms with van der Waals surface area (Å²) in [6, 6.07) is 69.6. The van der Waals surface area contributed by atoms with Gasteiger partial charge in [-0.1, -0.05) is 36.4 Å². The molecule has 9 aromatic rings. The summed E-state index contributed by atoms with van der Waals surface area (Å²) in [4.78, 5) is 2.43. The summed E-state index contributed by atoms with van der Waals surface area (Å²) in [5.74, 6) is 0. The van der Waals surface area contributed by atoms with Crippen LogP contribution in [0.1, 0.15) is 22.3 Å². The summed E-state index contributed by atoms with van der Waals surface area (Å²) >= 11 is 0.275. The summed E-state index contributed by atoms with van der Waals surface area (Å²) < 4.78 is 2.95. The zero-order chi connectivity index (χ0) is 32.4. The van der Waals surface area contributed by atoms with E-state index < -0.39 is 5.41 Å². The molecular formula is C47H31NSe. The molecule has 0 N–H and O–H groups in total. The van der Waals surface area contributed by atoms with Gasteiger partial charge in [0.05, 0.1) is 0 Å². The normalized spacial score (nSPS) is 13.1. The average molecular weight is 689 g/mol. The van der Waals surface area contributed by atoms with Crippen molar-refractivity contribution in [2.45, 2.75) is 5.41 Å². The van der Waals surface area contributed by atoms with Crippen molar-refractivity contribution in [1.29, 1.82) is 0 Å². The molecule has 1 aliphatic carbocycles. The van der Waals surface area contributed by atoms with Crippen LogP contribution in [0.2, 0.25) is 0 Å². The molecule has 230 valence electrons. The van der Waals surface area contributed by atoms with E-state index >= 15 is 0 Å². The third-order valence-corrected chi connectivity index (χ3v) is 12.9. The van der Waals surface area contributed by atoms with E-state index in [2.05, 4.69) is 193 Å². The summed E-state index contributed by atoms with van der Waals surface area (Å²) in [6.45, 7) is 0. The van der Waals surface area contributed by atoms with Gasteiger partial charge in [-0.15, -0.1) is 0 Å². The minimum absolute atomic E-state index is 0.275. The summed E-state index contributed by atoms with van der Waals surface area (Å²) in [6.07, 6.45) is 0. The molecule has 8 aromatic carbocycles. The van der Waals surface area contributed by atoms with E-state index in [0.29, 0.717) is 0 Å². The van der Waals surface area contributed by atoms with Gasteiger partial charge >= 0.3 is 257 Å². The van der Waals surface area contributed by atoms with Gasteiger partial charge in [-0.05, 0) is 0 Å². The van der Waals surface area contributed by atoms with Crippen LogP contribution in [0.4, 0.5) is 17.1 Å². The first-order valence-electron chi connectivity index (χ1n) is 16.9. The topological polar surface area (TPSA) is 3.24 Å². The average Bonchev–Trinajstić information content (AvgIpc) is 3.70. The number of para-hydroxylation sites is 1. The van der Waals surface area contributed by atoms with E-state index in [0.717, 1.165) is 11.4 Å². The van der Waals surface area contributed by atoms with Crippen LogP contribution in [0, 0.1) is 0 Å². The molecule has 1 aromatic heterocycles. The van der Waals surface area contributed by atoms with Crippen molar-refractivity contribution in [3.8, 4) is 11.1 Å². The monoisotopic (exact) mass is 689 g/mol. The van der Waals surface area contributed by atoms with Crippen LogP contribution in [0.15, 0.2) is 188 Å². The Morgan fingerprint density at radius 3 is 1.78 bits per heavy atom. The van der Waals surface area contributed by atoms with Gasteiger partial charge in [0.1, 0.15) is 0 Å². The van der Waals surface area contributed by atoms with Crippen LogP contribution in [0.25, 0.3) is 41.2 Å². The standard InChI is InChI=1S/C47H31NSe/c1-4-15-33(16-5-1)47(34-17-6-2-7-18-34)43-23-13-12-22-39(43)41-30-36(25-28-44(41)47)48(35-19-8-3-9-20-35)37-26-29-45-42(31-37)40-27-24-32-14-10-11-21-38(32)46(40)49-45/h1-31H. The van der Waals surface area contributed by atoms with Gasteiger partial charge in [0.15, 0.2) is 0 Å². The van der Waals surface area contributed by atoms with Gasteiger partial charge < -0.3 is 0 Å². The summed E-state index contributed by atoms with van der Waals surface area (Å²) in [7, 11) is 0. The van der Waals surface area contributed by atoms with Crippen LogP contribution < -0.4 is 4.90 Å². The Bertz CT molecular complexity index is 2620. The molecule has 0 saturated heterocycles. The number of nitrogens with zero attached hydrogens (tertiary/aromatic N) is 1. The van der Waals surface area contributed by atoms with Gasteiger partial charge in [0.2, 0.25) is 0 Å². The van der Waals surface area contributed by atoms with Crippen molar-refractivity contribution in [2.24, 2.45) is 0 Å². The maximum atomic E-state index is 2.43. The van der Waals surface area contributed by atoms with Crippen LogP contribution >= 0.6 is 0 Å². The van der Waals surface area contributed by atoms with Crippen LogP contribution in [0.5, 0.6) is 0 Å². The van der Waals surface area contributed by atoms with Gasteiger partial charge in [-0.2, -0.15) is 0 Å². The number of anilines is 3. The molecule has 0 radical (unpaired) electrons. The number of hydrogen-bond donors (Lipinski definition) is 0. The molecule has 0 unspecified atom stereocenters. The third kappa shape index (κ3) is 4.25. The summed E-state index contributed by atoms with van der Waals surface area (Å²) in [5, 5.41) is 5.44. The van der Waals surface area contributed by atoms with E-state index in [4.69, 9.17) is 0 Å². The Hall–Kier alpha value is -5.66. The fourth-order valence-electron chi connectivity index (χ4n) is 8.23. The van der Waals surface area contributed by atoms with E-state index in [-0.39, 0.29) is 14.5 Å². The molecule has 1 aliphatic rings. The Morgan fingerprint density at radius 2 is 1.00 bits per heavy atom. The molecule has 0 fully saturated rings. The van der Waals surface area contributed by atoms with Crippen LogP contribution in [-0.2, 0) is 5.41 Å². The van der Waals surface area contributed by atoms with E-state index in [9.17, 15) is 0 Å². The quantitative estimate of drug-likeness (QED) is 0.163. The van der Waals surface area contributed by atoms with Crippen LogP contribution in [0.3, 0.4) is 0 Å². The predicted octanol–water partition coefficient (Wildman–Crippen LogP) is 12.0. The maximum absolute atomic E-state index is 2.43. The molecular weight excluding hydrogens is 657 g/mol. The fraction of sp³-hybridized carbons (Fsp3) is 0.0213. The molecule has 0 aliphatic heterocycles. The van der Waals surface area contributed by atoms with E-state index in [1.807, 2.05) is 0 Å². The SMILES string of the molecule is c1ccc(N(c2ccc3c(c2)-c2ccccc2C3(c2ccccc2)c2ccccc2)c2ccc3[se]c4c5ccccc5ccc4c3c2)cc1. The Balaban J connectivity index is 1.21. The number of benzene rings is 8. The Labute approximate surface area is 292 Å². The molecule has 0 amide bonds. The molecule has 0 atom stereocenters. The zero-order valence-corrected chi connectivity index (χ0v) is 28.5. The van der Waals surface area contributed by atoms with Crippen molar-refractivity contribution < 1.29 is 0 Å². The van der Waals surface area contributed by atoms with Crippen molar-refractivity contribution in [2.75, 3.05) is 4.90 Å². The van der Waals surface area contributed by atoms with Gasteiger partial charge in [0, 0.05) is 0 Å². The number of hydrogen-bond acceptors (Lipinski definition) is 1. The molecule has 10 rings (SSSR count). The minimum atomic E-state index is -0.410. The molecule has 0 saturated carbocycles. The van der Waals surface area contributed by atoms with Crippen molar-refractivity contribution in [3.63, 3.8) is 0 Å². The van der Waals surface area contributed by atoms with Gasteiger partial charge in [0.25, 0.3) is 0 Å². The van der Waals surface area contributed by atoms with Gasteiger partial charge in [-0.3, -0.25) is 0 Å². The summed E-state index contributed by atoms with van der Waals surface area (Å²) in [5.41, 5.74) is 10.8. The number of fused-ring (bicyclic) bond motifs is 8. The molecule has 49 heavy (non-hydrogen) atoms. The zero-order valence-electron chi connectivity index (χ0n) is 26.8. The molecule has 1 heterocycles. The number of rotatable bonds is 5. The van der Waals surface area contributed by atoms with Crippen molar-refractivity contribution in [1.82, 2.24) is 0 Å². The molecule has 0 bridgehead atoms. The predicted molar refractivity (Wildman–Crippen MR) is 208 cm³/mol. The second-order valence-corrected chi connectivity index (χ2v) is 15.1. The second-order valence-electron chi connectivity index (χ2n) is 12.9. The van der Waals surface area contributed by atoms with E-state index in [1.165, 1.54) is 69.1 Å². The van der Waals surface area contributed by atoms with Gasteiger partial charge in [-0.25, -0.2) is 0 Å². The van der Waals surface area contributed by atoms with Crippen molar-refractivity contribution in [3.05, 3.63) is 210 Å². The van der Waals surface area contributed by atoms with E-state index in [1.54, 1.807) is 0 Å².